The molecule has 0 spiro atoms. The summed E-state index contributed by atoms with van der Waals surface area (Å²) in [6.07, 6.45) is 0.925. The lowest BCUT2D eigenvalue weighted by Gasteiger charge is -1.82. The molecule has 5 heteroatoms. The molecule has 0 aliphatic carbocycles. The molecule has 0 heterocycles. The van der Waals surface area contributed by atoms with Crippen LogP contribution in [0, 0.1) is 0 Å². The third kappa shape index (κ3) is 12.0. The summed E-state index contributed by atoms with van der Waals surface area (Å²) < 4.78 is 18.8. The van der Waals surface area contributed by atoms with Gasteiger partial charge < -0.3 is 5.11 Å². The van der Waals surface area contributed by atoms with Gasteiger partial charge in [0.25, 0.3) is 0 Å². The Hall–Kier alpha value is -0.740. The Morgan fingerprint density at radius 1 is 1.25 bits per heavy atom. The van der Waals surface area contributed by atoms with Crippen LogP contribution in [0.3, 0.4) is 0 Å². The molecule has 0 saturated carbocycles. The van der Waals surface area contributed by atoms with Crippen LogP contribution in [0.25, 0.3) is 0 Å². The van der Waals surface area contributed by atoms with Crippen molar-refractivity contribution >= 4 is 19.7 Å². The molecule has 12 heavy (non-hydrogen) atoms. The number of phenolic OH excluding ortho intramolecular Hbond substituents is 1. The van der Waals surface area contributed by atoms with E-state index in [1.54, 1.807) is 24.3 Å². The number of aromatic hydroxyl groups is 1. The Morgan fingerprint density at radius 3 is 1.75 bits per heavy atom. The van der Waals surface area contributed by atoms with Gasteiger partial charge in [-0.15, -0.1) is 0 Å². The number of rotatable bonds is 0. The number of hydrogen-bond acceptors (Lipinski definition) is 3. The molecule has 1 aromatic carbocycles. The third-order valence-corrected chi connectivity index (χ3v) is 0.756. The molecule has 0 fully saturated rings. The normalized spacial score (nSPS) is 9.83. The lowest BCUT2D eigenvalue weighted by atomic mass is 10.3. The van der Waals surface area contributed by atoms with E-state index in [0.29, 0.717) is 5.75 Å². The number of phenols is 1. The number of para-hydroxylation sites is 1. The maximum absolute atomic E-state index is 9.40. The van der Waals surface area contributed by atoms with Crippen LogP contribution >= 0.6 is 10.7 Å². The number of benzene rings is 1. The lowest BCUT2D eigenvalue weighted by molar-refractivity contribution is 0.475. The van der Waals surface area contributed by atoms with Crippen LogP contribution in [0.1, 0.15) is 0 Å². The Kier molecular flexibility index (Phi) is 4.70. The van der Waals surface area contributed by atoms with E-state index in [-0.39, 0.29) is 0 Å². The molecule has 0 saturated heterocycles. The quantitative estimate of drug-likeness (QED) is 0.659. The van der Waals surface area contributed by atoms with Gasteiger partial charge in [-0.05, 0) is 12.1 Å². The van der Waals surface area contributed by atoms with E-state index in [1.165, 1.54) is 0 Å². The molecular formula is C7H9ClO3S. The van der Waals surface area contributed by atoms with Crippen LogP contribution in [-0.4, -0.2) is 19.8 Å². The van der Waals surface area contributed by atoms with Gasteiger partial charge in [-0.2, -0.15) is 0 Å². The van der Waals surface area contributed by atoms with Crippen molar-refractivity contribution in [1.82, 2.24) is 0 Å². The molecule has 0 bridgehead atoms. The van der Waals surface area contributed by atoms with E-state index in [1.807, 2.05) is 6.07 Å². The summed E-state index contributed by atoms with van der Waals surface area (Å²) in [6.45, 7) is 0. The Labute approximate surface area is 76.0 Å². The zero-order chi connectivity index (χ0) is 9.61. The molecule has 0 aromatic heterocycles. The van der Waals surface area contributed by atoms with Crippen molar-refractivity contribution in [2.75, 3.05) is 6.26 Å². The topological polar surface area (TPSA) is 54.4 Å². The maximum Gasteiger partial charge on any atom is 0.229 e. The molecule has 0 amide bonds. The highest BCUT2D eigenvalue weighted by atomic mass is 35.7. The van der Waals surface area contributed by atoms with E-state index in [0.717, 1.165) is 6.26 Å². The minimum absolute atomic E-state index is 0.322. The van der Waals surface area contributed by atoms with Crippen molar-refractivity contribution in [3.05, 3.63) is 30.3 Å². The predicted molar refractivity (Wildman–Crippen MR) is 48.8 cm³/mol. The van der Waals surface area contributed by atoms with Crippen LogP contribution in [0.2, 0.25) is 0 Å². The second-order valence-corrected chi connectivity index (χ2v) is 5.06. The van der Waals surface area contributed by atoms with Crippen molar-refractivity contribution in [2.24, 2.45) is 0 Å². The fourth-order valence-corrected chi connectivity index (χ4v) is 0.428. The van der Waals surface area contributed by atoms with Crippen molar-refractivity contribution < 1.29 is 13.5 Å². The van der Waals surface area contributed by atoms with Gasteiger partial charge >= 0.3 is 0 Å². The molecule has 3 nitrogen and oxygen atoms in total. The second kappa shape index (κ2) is 5.00. The summed E-state index contributed by atoms with van der Waals surface area (Å²) in [6, 6.07) is 8.71. The van der Waals surface area contributed by atoms with Gasteiger partial charge in [0.15, 0.2) is 0 Å². The largest absolute Gasteiger partial charge is 0.508 e. The van der Waals surface area contributed by atoms with Crippen molar-refractivity contribution in [3.63, 3.8) is 0 Å². The number of hydrogen-bond donors (Lipinski definition) is 1. The fourth-order valence-electron chi connectivity index (χ4n) is 0.428. The Bertz CT molecular complexity index is 299. The zero-order valence-corrected chi connectivity index (χ0v) is 8.01. The highest BCUT2D eigenvalue weighted by Crippen LogP contribution is 2.02. The van der Waals surface area contributed by atoms with E-state index < -0.39 is 9.05 Å². The zero-order valence-electron chi connectivity index (χ0n) is 6.44. The molecule has 68 valence electrons. The van der Waals surface area contributed by atoms with Gasteiger partial charge in [-0.3, -0.25) is 0 Å². The molecule has 1 N–H and O–H groups in total. The summed E-state index contributed by atoms with van der Waals surface area (Å²) in [5, 5.41) is 8.63. The van der Waals surface area contributed by atoms with Gasteiger partial charge in [0.2, 0.25) is 9.05 Å². The standard InChI is InChI=1S/C6H6O.CH3ClO2S/c7-6-4-2-1-3-5-6;1-5(2,3)4/h1-5,7H;1H3. The van der Waals surface area contributed by atoms with E-state index >= 15 is 0 Å². The maximum atomic E-state index is 9.40. The first-order valence-corrected chi connectivity index (χ1v) is 5.75. The fraction of sp³-hybridized carbons (Fsp3) is 0.143. The molecule has 0 radical (unpaired) electrons. The molecular weight excluding hydrogens is 200 g/mol. The first-order valence-electron chi connectivity index (χ1n) is 3.03. The SMILES string of the molecule is CS(=O)(=O)Cl.Oc1ccccc1. The first-order chi connectivity index (χ1) is 5.39. The summed E-state index contributed by atoms with van der Waals surface area (Å²) >= 11 is 0. The summed E-state index contributed by atoms with van der Waals surface area (Å²) in [5.74, 6) is 0.322. The van der Waals surface area contributed by atoms with Crippen LogP contribution in [0.15, 0.2) is 30.3 Å². The van der Waals surface area contributed by atoms with Gasteiger partial charge in [0.1, 0.15) is 5.75 Å². The van der Waals surface area contributed by atoms with E-state index in [2.05, 4.69) is 10.7 Å². The first kappa shape index (κ1) is 11.3. The molecule has 0 unspecified atom stereocenters. The monoisotopic (exact) mass is 208 g/mol. The summed E-state index contributed by atoms with van der Waals surface area (Å²) in [7, 11) is 1.31. The van der Waals surface area contributed by atoms with E-state index in [4.69, 9.17) is 5.11 Å². The van der Waals surface area contributed by atoms with Crippen LogP contribution < -0.4 is 0 Å². The summed E-state index contributed by atoms with van der Waals surface area (Å²) in [5.41, 5.74) is 0. The third-order valence-electron chi connectivity index (χ3n) is 0.756. The smallest absolute Gasteiger partial charge is 0.229 e. The van der Waals surface area contributed by atoms with E-state index in [9.17, 15) is 8.42 Å². The van der Waals surface area contributed by atoms with Crippen LogP contribution in [-0.2, 0) is 9.05 Å². The van der Waals surface area contributed by atoms with Gasteiger partial charge in [-0.25, -0.2) is 8.42 Å². The second-order valence-electron chi connectivity index (χ2n) is 2.02. The molecule has 1 rings (SSSR count). The van der Waals surface area contributed by atoms with Gasteiger partial charge in [0, 0.05) is 10.7 Å². The Morgan fingerprint density at radius 2 is 1.58 bits per heavy atom. The average molecular weight is 209 g/mol. The molecule has 0 aliphatic rings. The molecule has 1 aromatic rings. The molecule has 0 atom stereocenters. The van der Waals surface area contributed by atoms with Crippen molar-refractivity contribution in [3.8, 4) is 5.75 Å². The highest BCUT2D eigenvalue weighted by Gasteiger charge is 1.83. The Balaban J connectivity index is 0.000000217. The van der Waals surface area contributed by atoms with Crippen molar-refractivity contribution in [2.45, 2.75) is 0 Å². The summed E-state index contributed by atoms with van der Waals surface area (Å²) in [4.78, 5) is 0. The predicted octanol–water partition coefficient (Wildman–Crippen LogP) is 1.58. The highest BCUT2D eigenvalue weighted by molar-refractivity contribution is 8.13. The molecule has 0 aliphatic heterocycles. The van der Waals surface area contributed by atoms with Gasteiger partial charge in [-0.1, -0.05) is 18.2 Å². The van der Waals surface area contributed by atoms with Crippen molar-refractivity contribution in [1.29, 1.82) is 0 Å². The minimum atomic E-state index is -3.19. The van der Waals surface area contributed by atoms with Gasteiger partial charge in [0.05, 0.1) is 6.26 Å². The minimum Gasteiger partial charge on any atom is -0.508 e. The average Bonchev–Trinajstić information content (AvgIpc) is 1.85. The van der Waals surface area contributed by atoms with Crippen LogP contribution in [0.5, 0.6) is 5.75 Å². The van der Waals surface area contributed by atoms with Crippen LogP contribution in [0.4, 0.5) is 0 Å². The number of halogens is 1. The lowest BCUT2D eigenvalue weighted by Crippen LogP contribution is -1.76.